The third kappa shape index (κ3) is 0.921. The smallest absolute Gasteiger partial charge is 0.141 e. The molecule has 0 atom stereocenters. The zero-order chi connectivity index (χ0) is 7.72. The molecule has 0 bridgehead atoms. The minimum Gasteiger partial charge on any atom is -0.397 e. The molecule has 0 heterocycles. The first-order chi connectivity index (χ1) is 4.63. The summed E-state index contributed by atoms with van der Waals surface area (Å²) >= 11 is 0. The van der Waals surface area contributed by atoms with Crippen molar-refractivity contribution in [3.63, 3.8) is 0 Å². The van der Waals surface area contributed by atoms with Crippen LogP contribution in [0.4, 0.5) is 15.8 Å². The van der Waals surface area contributed by atoms with Crippen molar-refractivity contribution < 1.29 is 4.39 Å². The fraction of sp³-hybridized carbons (Fsp3) is 0. The highest BCUT2D eigenvalue weighted by Crippen LogP contribution is 2.14. The van der Waals surface area contributed by atoms with E-state index in [1.807, 2.05) is 0 Å². The summed E-state index contributed by atoms with van der Waals surface area (Å²) < 4.78 is 12.7. The lowest BCUT2D eigenvalue weighted by Crippen LogP contribution is -2.12. The fourth-order valence-electron chi connectivity index (χ4n) is 0.625. The molecule has 4 N–H and O–H groups in total. The van der Waals surface area contributed by atoms with Gasteiger partial charge in [0, 0.05) is 0 Å². The molecule has 10 heavy (non-hydrogen) atoms. The third-order valence-corrected chi connectivity index (χ3v) is 1.24. The van der Waals surface area contributed by atoms with E-state index >= 15 is 0 Å². The number of halogens is 1. The molecule has 2 nitrogen and oxygen atoms in total. The largest absolute Gasteiger partial charge is 0.397 e. The third-order valence-electron chi connectivity index (χ3n) is 1.24. The van der Waals surface area contributed by atoms with Gasteiger partial charge in [-0.2, -0.15) is 0 Å². The highest BCUT2D eigenvalue weighted by molar-refractivity contribution is 6.33. The molecule has 0 saturated heterocycles. The molecule has 0 aromatic heterocycles. The van der Waals surface area contributed by atoms with Crippen LogP contribution in [-0.2, 0) is 0 Å². The van der Waals surface area contributed by atoms with E-state index in [1.54, 1.807) is 0 Å². The van der Waals surface area contributed by atoms with Crippen molar-refractivity contribution >= 4 is 24.7 Å². The van der Waals surface area contributed by atoms with E-state index in [0.717, 1.165) is 0 Å². The minimum atomic E-state index is -0.639. The van der Waals surface area contributed by atoms with Crippen molar-refractivity contribution in [1.82, 2.24) is 0 Å². The van der Waals surface area contributed by atoms with Crippen molar-refractivity contribution in [2.24, 2.45) is 0 Å². The SMILES string of the molecule is [B]c1ccc(N)c(N)c1F. The molecule has 1 rings (SSSR count). The quantitative estimate of drug-likeness (QED) is 0.382. The van der Waals surface area contributed by atoms with Gasteiger partial charge in [0.25, 0.3) is 0 Å². The second-order valence-electron chi connectivity index (χ2n) is 1.97. The van der Waals surface area contributed by atoms with E-state index in [4.69, 9.17) is 19.3 Å². The number of rotatable bonds is 0. The number of hydrogen-bond acceptors (Lipinski definition) is 2. The Morgan fingerprint density at radius 3 is 2.40 bits per heavy atom. The molecular formula is C6H6BFN2. The van der Waals surface area contributed by atoms with Crippen LogP contribution in [0.5, 0.6) is 0 Å². The molecule has 0 spiro atoms. The number of nitrogen functional groups attached to an aromatic ring is 2. The maximum atomic E-state index is 12.7. The maximum absolute atomic E-state index is 12.7. The summed E-state index contributed by atoms with van der Waals surface area (Å²) in [7, 11) is 5.18. The number of anilines is 2. The monoisotopic (exact) mass is 136 g/mol. The van der Waals surface area contributed by atoms with Crippen LogP contribution in [0.15, 0.2) is 12.1 Å². The van der Waals surface area contributed by atoms with Crippen LogP contribution in [0.2, 0.25) is 0 Å². The van der Waals surface area contributed by atoms with Crippen LogP contribution in [0.3, 0.4) is 0 Å². The van der Waals surface area contributed by atoms with Gasteiger partial charge < -0.3 is 11.5 Å². The van der Waals surface area contributed by atoms with Gasteiger partial charge in [-0.05, 0) is 6.07 Å². The molecular weight excluding hydrogens is 130 g/mol. The topological polar surface area (TPSA) is 52.0 Å². The summed E-state index contributed by atoms with van der Waals surface area (Å²) in [5, 5.41) is 0. The van der Waals surface area contributed by atoms with Crippen molar-refractivity contribution in [3.05, 3.63) is 17.9 Å². The molecule has 0 unspecified atom stereocenters. The van der Waals surface area contributed by atoms with Gasteiger partial charge in [0.1, 0.15) is 13.7 Å². The van der Waals surface area contributed by atoms with E-state index in [1.165, 1.54) is 12.1 Å². The lowest BCUT2D eigenvalue weighted by atomic mass is 9.94. The van der Waals surface area contributed by atoms with E-state index < -0.39 is 5.82 Å². The van der Waals surface area contributed by atoms with Gasteiger partial charge in [0.15, 0.2) is 0 Å². The number of nitrogens with two attached hydrogens (primary N) is 2. The van der Waals surface area contributed by atoms with Crippen molar-refractivity contribution in [1.29, 1.82) is 0 Å². The van der Waals surface area contributed by atoms with Crippen molar-refractivity contribution in [2.45, 2.75) is 0 Å². The van der Waals surface area contributed by atoms with Crippen LogP contribution in [0, 0.1) is 5.82 Å². The average molecular weight is 136 g/mol. The molecule has 1 aromatic rings. The zero-order valence-electron chi connectivity index (χ0n) is 5.26. The Kier molecular flexibility index (Phi) is 1.53. The average Bonchev–Trinajstić information content (AvgIpc) is 1.93. The van der Waals surface area contributed by atoms with E-state index in [9.17, 15) is 4.39 Å². The van der Waals surface area contributed by atoms with Gasteiger partial charge in [-0.1, -0.05) is 11.5 Å². The van der Waals surface area contributed by atoms with Crippen LogP contribution in [0.1, 0.15) is 0 Å². The molecule has 50 valence electrons. The summed E-state index contributed by atoms with van der Waals surface area (Å²) in [4.78, 5) is 0. The van der Waals surface area contributed by atoms with Crippen LogP contribution in [-0.4, -0.2) is 7.85 Å². The highest BCUT2D eigenvalue weighted by Gasteiger charge is 2.02. The first-order valence-corrected chi connectivity index (χ1v) is 2.72. The number of hydrogen-bond donors (Lipinski definition) is 2. The summed E-state index contributed by atoms with van der Waals surface area (Å²) in [6, 6.07) is 2.84. The summed E-state index contributed by atoms with van der Waals surface area (Å²) in [6.07, 6.45) is 0. The molecule has 4 heteroatoms. The van der Waals surface area contributed by atoms with Gasteiger partial charge >= 0.3 is 0 Å². The Balaban J connectivity index is 3.34. The maximum Gasteiger partial charge on any atom is 0.141 e. The Hall–Kier alpha value is -1.19. The minimum absolute atomic E-state index is 0.0201. The highest BCUT2D eigenvalue weighted by atomic mass is 19.1. The summed E-state index contributed by atoms with van der Waals surface area (Å²) in [5.41, 5.74) is 10.6. The van der Waals surface area contributed by atoms with Crippen LogP contribution < -0.4 is 16.9 Å². The normalized spacial score (nSPS) is 9.70. The van der Waals surface area contributed by atoms with Gasteiger partial charge in [0.2, 0.25) is 0 Å². The Labute approximate surface area is 59.4 Å². The molecule has 0 saturated carbocycles. The zero-order valence-corrected chi connectivity index (χ0v) is 5.26. The molecule has 0 aliphatic rings. The lowest BCUT2D eigenvalue weighted by molar-refractivity contribution is 0.641. The van der Waals surface area contributed by atoms with Crippen molar-refractivity contribution in [2.75, 3.05) is 11.5 Å². The second kappa shape index (κ2) is 2.21. The van der Waals surface area contributed by atoms with E-state index in [0.29, 0.717) is 0 Å². The van der Waals surface area contributed by atoms with Crippen LogP contribution >= 0.6 is 0 Å². The lowest BCUT2D eigenvalue weighted by Gasteiger charge is -2.02. The fourth-order valence-corrected chi connectivity index (χ4v) is 0.625. The summed E-state index contributed by atoms with van der Waals surface area (Å²) in [6.45, 7) is 0. The van der Waals surface area contributed by atoms with Gasteiger partial charge in [-0.3, -0.25) is 0 Å². The Morgan fingerprint density at radius 1 is 1.30 bits per heavy atom. The number of benzene rings is 1. The van der Waals surface area contributed by atoms with Gasteiger partial charge in [-0.25, -0.2) is 4.39 Å². The molecule has 0 aliphatic carbocycles. The van der Waals surface area contributed by atoms with Crippen molar-refractivity contribution in [3.8, 4) is 0 Å². The van der Waals surface area contributed by atoms with Crippen LogP contribution in [0.25, 0.3) is 0 Å². The molecule has 0 fully saturated rings. The molecule has 0 aliphatic heterocycles. The first-order valence-electron chi connectivity index (χ1n) is 2.72. The Morgan fingerprint density at radius 2 is 1.90 bits per heavy atom. The van der Waals surface area contributed by atoms with Gasteiger partial charge in [0.05, 0.1) is 11.4 Å². The molecule has 0 amide bonds. The van der Waals surface area contributed by atoms with E-state index in [2.05, 4.69) is 0 Å². The van der Waals surface area contributed by atoms with Gasteiger partial charge in [-0.15, -0.1) is 0 Å². The summed E-state index contributed by atoms with van der Waals surface area (Å²) in [5.74, 6) is -0.639. The molecule has 1 aromatic carbocycles. The second-order valence-corrected chi connectivity index (χ2v) is 1.97. The molecule has 2 radical (unpaired) electrons. The predicted molar refractivity (Wildman–Crippen MR) is 40.6 cm³/mol. The van der Waals surface area contributed by atoms with E-state index in [-0.39, 0.29) is 16.8 Å². The first kappa shape index (κ1) is 6.93. The standard InChI is InChI=1S/C6H6BFN2/c7-3-1-2-4(9)6(10)5(3)8/h1-2H,9-10H2. The predicted octanol–water partition coefficient (Wildman–Crippen LogP) is -0.216. The Bertz CT molecular complexity index is 235.